The molecule has 2 radical (unpaired) electrons. The molecule has 1 nitrogen and oxygen atoms in total. The SMILES string of the molecule is [B]c1cc(F)cc2c1CCN2. The molecule has 1 aliphatic rings. The van der Waals surface area contributed by atoms with Gasteiger partial charge in [-0.1, -0.05) is 5.46 Å². The molecule has 0 unspecified atom stereocenters. The third-order valence-electron chi connectivity index (χ3n) is 1.94. The summed E-state index contributed by atoms with van der Waals surface area (Å²) in [5.41, 5.74) is 2.46. The number of rotatable bonds is 0. The van der Waals surface area contributed by atoms with Gasteiger partial charge < -0.3 is 5.32 Å². The molecule has 11 heavy (non-hydrogen) atoms. The summed E-state index contributed by atoms with van der Waals surface area (Å²) in [7, 11) is 5.59. The molecule has 0 amide bonds. The van der Waals surface area contributed by atoms with Crippen molar-refractivity contribution >= 4 is 19.0 Å². The lowest BCUT2D eigenvalue weighted by molar-refractivity contribution is 0.629. The Morgan fingerprint density at radius 2 is 2.27 bits per heavy atom. The maximum absolute atomic E-state index is 12.7. The summed E-state index contributed by atoms with van der Waals surface area (Å²) < 4.78 is 12.7. The van der Waals surface area contributed by atoms with E-state index in [1.165, 1.54) is 12.1 Å². The molecule has 1 aliphatic heterocycles. The molecule has 0 saturated carbocycles. The summed E-state index contributed by atoms with van der Waals surface area (Å²) in [5.74, 6) is -0.268. The van der Waals surface area contributed by atoms with Crippen LogP contribution < -0.4 is 10.8 Å². The van der Waals surface area contributed by atoms with Crippen molar-refractivity contribution in [3.8, 4) is 0 Å². The number of hydrogen-bond acceptors (Lipinski definition) is 1. The fourth-order valence-electron chi connectivity index (χ4n) is 1.42. The van der Waals surface area contributed by atoms with Gasteiger partial charge in [0.1, 0.15) is 13.7 Å². The van der Waals surface area contributed by atoms with Gasteiger partial charge in [-0.2, -0.15) is 0 Å². The predicted octanol–water partition coefficient (Wildman–Crippen LogP) is 0.587. The first-order chi connectivity index (χ1) is 5.27. The Hall–Kier alpha value is -0.985. The lowest BCUT2D eigenvalue weighted by atomic mass is 9.89. The zero-order valence-electron chi connectivity index (χ0n) is 6.02. The van der Waals surface area contributed by atoms with Crippen molar-refractivity contribution in [1.82, 2.24) is 0 Å². The maximum atomic E-state index is 12.7. The molecule has 1 N–H and O–H groups in total. The molecule has 0 saturated heterocycles. The molecule has 1 heterocycles. The molecular weight excluding hydrogens is 140 g/mol. The summed E-state index contributed by atoms with van der Waals surface area (Å²) in [4.78, 5) is 0. The zero-order chi connectivity index (χ0) is 7.84. The molecule has 0 aliphatic carbocycles. The van der Waals surface area contributed by atoms with E-state index in [-0.39, 0.29) is 5.82 Å². The average Bonchev–Trinajstić information content (AvgIpc) is 2.34. The normalized spacial score (nSPS) is 14.3. The number of nitrogens with one attached hydrogen (secondary N) is 1. The van der Waals surface area contributed by atoms with Crippen LogP contribution in [0.5, 0.6) is 0 Å². The molecule has 0 bridgehead atoms. The fraction of sp³-hybridized carbons (Fsp3) is 0.250. The molecular formula is C8H7BFN. The summed E-state index contributed by atoms with van der Waals surface area (Å²) in [6, 6.07) is 2.85. The molecule has 0 spiro atoms. The summed E-state index contributed by atoms with van der Waals surface area (Å²) in [5, 5.41) is 3.06. The maximum Gasteiger partial charge on any atom is 0.124 e. The van der Waals surface area contributed by atoms with Gasteiger partial charge in [-0.3, -0.25) is 0 Å². The Labute approximate surface area is 66.0 Å². The largest absolute Gasteiger partial charge is 0.384 e. The van der Waals surface area contributed by atoms with Gasteiger partial charge in [0.2, 0.25) is 0 Å². The van der Waals surface area contributed by atoms with Crippen LogP contribution in [0.2, 0.25) is 0 Å². The highest BCUT2D eigenvalue weighted by molar-refractivity contribution is 6.34. The van der Waals surface area contributed by atoms with Crippen molar-refractivity contribution in [2.75, 3.05) is 11.9 Å². The van der Waals surface area contributed by atoms with Gasteiger partial charge in [0, 0.05) is 12.2 Å². The minimum atomic E-state index is -0.268. The molecule has 2 rings (SSSR count). The van der Waals surface area contributed by atoms with Crippen molar-refractivity contribution in [2.45, 2.75) is 6.42 Å². The van der Waals surface area contributed by atoms with E-state index in [2.05, 4.69) is 5.32 Å². The highest BCUT2D eigenvalue weighted by atomic mass is 19.1. The van der Waals surface area contributed by atoms with E-state index in [9.17, 15) is 4.39 Å². The topological polar surface area (TPSA) is 12.0 Å². The van der Waals surface area contributed by atoms with E-state index >= 15 is 0 Å². The van der Waals surface area contributed by atoms with Crippen LogP contribution in [-0.2, 0) is 6.42 Å². The lowest BCUT2D eigenvalue weighted by Crippen LogP contribution is -2.09. The van der Waals surface area contributed by atoms with Crippen molar-refractivity contribution in [2.24, 2.45) is 0 Å². The summed E-state index contributed by atoms with van der Waals surface area (Å²) >= 11 is 0. The minimum absolute atomic E-state index is 0.268. The Kier molecular flexibility index (Phi) is 1.38. The molecule has 0 aromatic heterocycles. The minimum Gasteiger partial charge on any atom is -0.384 e. The second-order valence-corrected chi connectivity index (χ2v) is 2.70. The number of benzene rings is 1. The van der Waals surface area contributed by atoms with Crippen LogP contribution in [-0.4, -0.2) is 14.4 Å². The van der Waals surface area contributed by atoms with Crippen LogP contribution in [0.15, 0.2) is 12.1 Å². The number of fused-ring (bicyclic) bond motifs is 1. The average molecular weight is 147 g/mol. The summed E-state index contributed by atoms with van der Waals surface area (Å²) in [6.45, 7) is 0.864. The fourth-order valence-corrected chi connectivity index (χ4v) is 1.42. The number of hydrogen-bond donors (Lipinski definition) is 1. The first-order valence-electron chi connectivity index (χ1n) is 3.59. The van der Waals surface area contributed by atoms with Gasteiger partial charge in [0.05, 0.1) is 0 Å². The molecule has 1 aromatic rings. The van der Waals surface area contributed by atoms with Gasteiger partial charge >= 0.3 is 0 Å². The second-order valence-electron chi connectivity index (χ2n) is 2.70. The molecule has 54 valence electrons. The van der Waals surface area contributed by atoms with E-state index in [1.54, 1.807) is 0 Å². The summed E-state index contributed by atoms with van der Waals surface area (Å²) in [6.07, 6.45) is 0.904. The van der Waals surface area contributed by atoms with E-state index in [0.717, 1.165) is 24.2 Å². The number of halogens is 1. The van der Waals surface area contributed by atoms with Crippen molar-refractivity contribution in [1.29, 1.82) is 0 Å². The molecule has 3 heteroatoms. The third-order valence-corrected chi connectivity index (χ3v) is 1.94. The monoisotopic (exact) mass is 147 g/mol. The number of anilines is 1. The van der Waals surface area contributed by atoms with Gasteiger partial charge in [-0.25, -0.2) is 4.39 Å². The quantitative estimate of drug-likeness (QED) is 0.529. The van der Waals surface area contributed by atoms with E-state index in [0.29, 0.717) is 5.46 Å². The smallest absolute Gasteiger partial charge is 0.124 e. The molecule has 0 fully saturated rings. The highest BCUT2D eigenvalue weighted by Gasteiger charge is 2.12. The first kappa shape index (κ1) is 6.71. The Morgan fingerprint density at radius 3 is 3.09 bits per heavy atom. The van der Waals surface area contributed by atoms with Crippen molar-refractivity contribution < 1.29 is 4.39 Å². The van der Waals surface area contributed by atoms with Gasteiger partial charge in [-0.15, -0.1) is 0 Å². The van der Waals surface area contributed by atoms with Gasteiger partial charge in [0.15, 0.2) is 0 Å². The highest BCUT2D eigenvalue weighted by Crippen LogP contribution is 2.20. The molecule has 0 atom stereocenters. The molecule has 1 aromatic carbocycles. The van der Waals surface area contributed by atoms with Crippen LogP contribution in [0.25, 0.3) is 0 Å². The Balaban J connectivity index is 2.60. The van der Waals surface area contributed by atoms with Crippen LogP contribution >= 0.6 is 0 Å². The van der Waals surface area contributed by atoms with Crippen LogP contribution in [0.3, 0.4) is 0 Å². The first-order valence-corrected chi connectivity index (χ1v) is 3.59. The van der Waals surface area contributed by atoms with Crippen LogP contribution in [0.1, 0.15) is 5.56 Å². The van der Waals surface area contributed by atoms with Crippen molar-refractivity contribution in [3.05, 3.63) is 23.5 Å². The van der Waals surface area contributed by atoms with Crippen LogP contribution in [0, 0.1) is 5.82 Å². The van der Waals surface area contributed by atoms with E-state index in [4.69, 9.17) is 7.85 Å². The third kappa shape index (κ3) is 1.00. The Morgan fingerprint density at radius 1 is 1.45 bits per heavy atom. The van der Waals surface area contributed by atoms with E-state index in [1.807, 2.05) is 0 Å². The Bertz CT molecular complexity index is 298. The van der Waals surface area contributed by atoms with Gasteiger partial charge in [0.25, 0.3) is 0 Å². The van der Waals surface area contributed by atoms with Crippen molar-refractivity contribution in [3.63, 3.8) is 0 Å². The van der Waals surface area contributed by atoms with Crippen LogP contribution in [0.4, 0.5) is 10.1 Å². The lowest BCUT2D eigenvalue weighted by Gasteiger charge is -2.02. The van der Waals surface area contributed by atoms with Gasteiger partial charge in [-0.05, 0) is 24.1 Å². The second kappa shape index (κ2) is 2.26. The predicted molar refractivity (Wildman–Crippen MR) is 44.0 cm³/mol. The zero-order valence-corrected chi connectivity index (χ0v) is 6.02. The van der Waals surface area contributed by atoms with E-state index < -0.39 is 0 Å². The standard InChI is InChI=1S/C8H7BFN/c9-7-3-5(10)4-8-6(7)1-2-11-8/h3-4,11H,1-2H2.